The van der Waals surface area contributed by atoms with Crippen LogP contribution in [0.3, 0.4) is 0 Å². The number of hydrogen-bond donors (Lipinski definition) is 0. The molecule has 0 unspecified atom stereocenters. The third-order valence-electron chi connectivity index (χ3n) is 3.47. The lowest BCUT2D eigenvalue weighted by atomic mass is 10.3. The van der Waals surface area contributed by atoms with Crippen molar-refractivity contribution in [3.8, 4) is 0 Å². The van der Waals surface area contributed by atoms with Gasteiger partial charge in [0.2, 0.25) is 0 Å². The monoisotopic (exact) mass is 406 g/mol. The van der Waals surface area contributed by atoms with Crippen LogP contribution in [0.2, 0.25) is 0 Å². The number of rotatable bonds is 6. The van der Waals surface area contributed by atoms with Crippen LogP contribution in [0.15, 0.2) is 38.1 Å². The minimum Gasteiger partial charge on any atom is -0.308 e. The third kappa shape index (κ3) is 3.71. The molecule has 0 saturated heterocycles. The molecule has 128 valence electrons. The van der Waals surface area contributed by atoms with Crippen LogP contribution in [0.25, 0.3) is 10.2 Å². The molecule has 0 radical (unpaired) electrons. The van der Waals surface area contributed by atoms with E-state index in [4.69, 9.17) is 0 Å². The van der Waals surface area contributed by atoms with Crippen molar-refractivity contribution >= 4 is 56.6 Å². The highest BCUT2D eigenvalue weighted by Crippen LogP contribution is 2.32. The summed E-state index contributed by atoms with van der Waals surface area (Å²) in [6, 6.07) is 8.19. The van der Waals surface area contributed by atoms with Crippen LogP contribution in [0.5, 0.6) is 0 Å². The van der Waals surface area contributed by atoms with E-state index in [1.807, 2.05) is 29.8 Å². The average molecular weight is 407 g/mol. The van der Waals surface area contributed by atoms with Crippen LogP contribution in [0.1, 0.15) is 18.6 Å². The minimum atomic E-state index is 0.736. The summed E-state index contributed by atoms with van der Waals surface area (Å²) in [5.41, 5.74) is 1.05. The number of thioether (sulfide) groups is 1. The maximum Gasteiger partial charge on any atom is 0.198 e. The van der Waals surface area contributed by atoms with Crippen molar-refractivity contribution < 1.29 is 0 Å². The van der Waals surface area contributed by atoms with Gasteiger partial charge < -0.3 is 4.57 Å². The van der Waals surface area contributed by atoms with Gasteiger partial charge >= 0.3 is 0 Å². The van der Waals surface area contributed by atoms with E-state index in [1.165, 1.54) is 28.0 Å². The molecule has 10 heteroatoms. The van der Waals surface area contributed by atoms with Crippen LogP contribution in [0.4, 0.5) is 0 Å². The van der Waals surface area contributed by atoms with E-state index < -0.39 is 0 Å². The molecule has 25 heavy (non-hydrogen) atoms. The van der Waals surface area contributed by atoms with Crippen molar-refractivity contribution in [1.82, 2.24) is 29.1 Å². The predicted molar refractivity (Wildman–Crippen MR) is 104 cm³/mol. The summed E-state index contributed by atoms with van der Waals surface area (Å²) >= 11 is 6.32. The number of fused-ring (bicyclic) bond motifs is 1. The molecule has 6 nitrogen and oxygen atoms in total. The smallest absolute Gasteiger partial charge is 0.198 e. The van der Waals surface area contributed by atoms with Crippen molar-refractivity contribution in [1.29, 1.82) is 0 Å². The zero-order chi connectivity index (χ0) is 17.2. The van der Waals surface area contributed by atoms with E-state index in [0.29, 0.717) is 0 Å². The Balaban J connectivity index is 1.45. The van der Waals surface area contributed by atoms with Crippen molar-refractivity contribution in [2.24, 2.45) is 7.05 Å². The average Bonchev–Trinajstić information content (AvgIpc) is 3.33. The van der Waals surface area contributed by atoms with Crippen LogP contribution in [-0.4, -0.2) is 29.1 Å². The zero-order valence-electron chi connectivity index (χ0n) is 13.5. The highest BCUT2D eigenvalue weighted by atomic mass is 32.2. The van der Waals surface area contributed by atoms with Gasteiger partial charge in [0.1, 0.15) is 11.6 Å². The second-order valence-corrected chi connectivity index (χ2v) is 9.35. The Bertz CT molecular complexity index is 971. The fourth-order valence-electron chi connectivity index (χ4n) is 2.10. The lowest BCUT2D eigenvalue weighted by Gasteiger charge is -2.00. The quantitative estimate of drug-likeness (QED) is 0.443. The minimum absolute atomic E-state index is 0.736. The summed E-state index contributed by atoms with van der Waals surface area (Å²) in [6.07, 6.45) is 0.847. The Kier molecular flexibility index (Phi) is 5.02. The number of nitrogens with zero attached hydrogens (tertiary/aromatic N) is 6. The van der Waals surface area contributed by atoms with E-state index in [1.54, 1.807) is 23.1 Å². The lowest BCUT2D eigenvalue weighted by Crippen LogP contribution is -1.97. The number of hydrogen-bond acceptors (Lipinski definition) is 9. The van der Waals surface area contributed by atoms with Gasteiger partial charge in [-0.2, -0.15) is 4.37 Å². The molecule has 3 aromatic heterocycles. The Morgan fingerprint density at radius 1 is 1.12 bits per heavy atom. The first-order valence-electron chi connectivity index (χ1n) is 7.60. The summed E-state index contributed by atoms with van der Waals surface area (Å²) < 4.78 is 9.48. The maximum atomic E-state index is 4.65. The number of thiazole rings is 1. The van der Waals surface area contributed by atoms with Gasteiger partial charge in [0.05, 0.1) is 16.0 Å². The van der Waals surface area contributed by atoms with Gasteiger partial charge in [-0.3, -0.25) is 0 Å². The standard InChI is InChI=1S/C15H14N6S4/c1-3-11-17-15(25-20-11)24-13-19-18-12(21(13)2)8-22-14-16-9-6-4-5-7-10(9)23-14/h4-7H,3,8H2,1-2H3. The second kappa shape index (κ2) is 7.40. The molecule has 0 saturated carbocycles. The zero-order valence-corrected chi connectivity index (χ0v) is 16.8. The van der Waals surface area contributed by atoms with E-state index in [0.717, 1.165) is 43.2 Å². The van der Waals surface area contributed by atoms with E-state index in [9.17, 15) is 0 Å². The van der Waals surface area contributed by atoms with Gasteiger partial charge in [-0.25, -0.2) is 9.97 Å². The molecule has 3 heterocycles. The predicted octanol–water partition coefficient (Wildman–Crippen LogP) is 4.28. The van der Waals surface area contributed by atoms with E-state index in [2.05, 4.69) is 37.5 Å². The van der Waals surface area contributed by atoms with Gasteiger partial charge in [-0.05, 0) is 35.4 Å². The van der Waals surface area contributed by atoms with Crippen LogP contribution >= 0.6 is 46.4 Å². The fourth-order valence-corrected chi connectivity index (χ4v) is 5.76. The summed E-state index contributed by atoms with van der Waals surface area (Å²) in [6.45, 7) is 2.05. The first kappa shape index (κ1) is 17.0. The summed E-state index contributed by atoms with van der Waals surface area (Å²) in [5, 5.41) is 9.43. The summed E-state index contributed by atoms with van der Waals surface area (Å²) in [4.78, 5) is 9.11. The molecule has 4 rings (SSSR count). The fraction of sp³-hybridized carbons (Fsp3) is 0.267. The van der Waals surface area contributed by atoms with Crippen LogP contribution < -0.4 is 0 Å². The Morgan fingerprint density at radius 3 is 2.80 bits per heavy atom. The van der Waals surface area contributed by atoms with Crippen molar-refractivity contribution in [3.63, 3.8) is 0 Å². The van der Waals surface area contributed by atoms with Crippen LogP contribution in [-0.2, 0) is 19.2 Å². The third-order valence-corrected chi connectivity index (χ3v) is 7.47. The van der Waals surface area contributed by atoms with Crippen molar-refractivity contribution in [3.05, 3.63) is 35.9 Å². The molecule has 0 spiro atoms. The molecule has 0 N–H and O–H groups in total. The molecule has 0 amide bonds. The lowest BCUT2D eigenvalue weighted by molar-refractivity contribution is 0.761. The molecule has 4 aromatic rings. The largest absolute Gasteiger partial charge is 0.308 e. The Hall–Kier alpha value is -1.49. The first-order valence-corrected chi connectivity index (χ1v) is 11.0. The summed E-state index contributed by atoms with van der Waals surface area (Å²) in [7, 11) is 1.98. The van der Waals surface area contributed by atoms with Crippen molar-refractivity contribution in [2.75, 3.05) is 0 Å². The molecular weight excluding hydrogens is 392 g/mol. The van der Waals surface area contributed by atoms with Crippen LogP contribution in [0, 0.1) is 0 Å². The first-order chi connectivity index (χ1) is 12.2. The Morgan fingerprint density at radius 2 is 2.00 bits per heavy atom. The topological polar surface area (TPSA) is 69.4 Å². The number of aryl methyl sites for hydroxylation is 1. The van der Waals surface area contributed by atoms with Gasteiger partial charge in [-0.1, -0.05) is 30.8 Å². The number of para-hydroxylation sites is 1. The highest BCUT2D eigenvalue weighted by Gasteiger charge is 2.14. The van der Waals surface area contributed by atoms with E-state index >= 15 is 0 Å². The van der Waals surface area contributed by atoms with Gasteiger partial charge in [0.25, 0.3) is 0 Å². The van der Waals surface area contributed by atoms with Gasteiger partial charge in [0, 0.05) is 13.5 Å². The maximum absolute atomic E-state index is 4.65. The Labute approximate surface area is 161 Å². The molecule has 0 aliphatic heterocycles. The highest BCUT2D eigenvalue weighted by molar-refractivity contribution is 8.01. The molecule has 0 atom stereocenters. The molecule has 1 aromatic carbocycles. The van der Waals surface area contributed by atoms with Crippen molar-refractivity contribution in [2.45, 2.75) is 32.9 Å². The SMILES string of the molecule is CCc1nsc(Sc2nnc(CSc3nc4ccccc4s3)n2C)n1. The molecular formula is C15H14N6S4. The number of aromatic nitrogens is 6. The second-order valence-electron chi connectivity index (χ2n) is 5.13. The number of benzene rings is 1. The van der Waals surface area contributed by atoms with E-state index in [-0.39, 0.29) is 0 Å². The van der Waals surface area contributed by atoms with Gasteiger partial charge in [0.15, 0.2) is 13.8 Å². The molecule has 0 aliphatic carbocycles. The van der Waals surface area contributed by atoms with Gasteiger partial charge in [-0.15, -0.1) is 21.5 Å². The normalized spacial score (nSPS) is 11.4. The molecule has 0 bridgehead atoms. The molecule has 0 fully saturated rings. The molecule has 0 aliphatic rings. The summed E-state index contributed by atoms with van der Waals surface area (Å²) in [5.74, 6) is 2.54.